The molecule has 2 rings (SSSR count). The van der Waals surface area contributed by atoms with Crippen molar-refractivity contribution in [3.63, 3.8) is 0 Å². The van der Waals surface area contributed by atoms with E-state index in [2.05, 4.69) is 15.0 Å². The van der Waals surface area contributed by atoms with Gasteiger partial charge in [-0.05, 0) is 18.6 Å². The Kier molecular flexibility index (Phi) is 2.68. The molecule has 0 saturated heterocycles. The zero-order valence-corrected chi connectivity index (χ0v) is 8.88. The first kappa shape index (κ1) is 10.4. The number of nitrogens with two attached hydrogens (primary N) is 1. The second-order valence-electron chi connectivity index (χ2n) is 3.32. The second-order valence-corrected chi connectivity index (χ2v) is 3.32. The van der Waals surface area contributed by atoms with Crippen LogP contribution < -0.4 is 5.73 Å². The molecular weight excluding hydrogens is 204 g/mol. The van der Waals surface area contributed by atoms with Gasteiger partial charge >= 0.3 is 0 Å². The van der Waals surface area contributed by atoms with E-state index in [4.69, 9.17) is 5.73 Å². The van der Waals surface area contributed by atoms with Gasteiger partial charge in [0, 0.05) is 18.0 Å². The summed E-state index contributed by atoms with van der Waals surface area (Å²) >= 11 is 0. The van der Waals surface area contributed by atoms with Crippen LogP contribution in [0, 0.1) is 0 Å². The van der Waals surface area contributed by atoms with Crippen LogP contribution in [0.25, 0.3) is 11.4 Å². The van der Waals surface area contributed by atoms with Gasteiger partial charge in [0.25, 0.3) is 0 Å². The third-order valence-corrected chi connectivity index (χ3v) is 2.31. The molecule has 82 valence electrons. The monoisotopic (exact) mass is 216 g/mol. The second kappa shape index (κ2) is 4.14. The molecule has 0 saturated carbocycles. The number of hydrogen-bond acceptors (Lipinski definition) is 5. The van der Waals surface area contributed by atoms with E-state index in [1.807, 2.05) is 6.92 Å². The first-order chi connectivity index (χ1) is 7.72. The maximum Gasteiger partial charge on any atom is 0.219 e. The average Bonchev–Trinajstić information content (AvgIpc) is 2.30. The molecule has 2 heterocycles. The summed E-state index contributed by atoms with van der Waals surface area (Å²) in [6.45, 7) is 1.89. The summed E-state index contributed by atoms with van der Waals surface area (Å²) in [4.78, 5) is 12.1. The normalized spacial score (nSPS) is 10.3. The zero-order chi connectivity index (χ0) is 11.5. The molecule has 0 aromatic carbocycles. The molecule has 2 aromatic rings. The van der Waals surface area contributed by atoms with Gasteiger partial charge in [-0.1, -0.05) is 6.92 Å². The van der Waals surface area contributed by atoms with E-state index in [0.717, 1.165) is 5.56 Å². The van der Waals surface area contributed by atoms with E-state index in [9.17, 15) is 5.11 Å². The molecule has 5 nitrogen and oxygen atoms in total. The lowest BCUT2D eigenvalue weighted by Gasteiger charge is -2.06. The van der Waals surface area contributed by atoms with Gasteiger partial charge in [-0.25, -0.2) is 4.98 Å². The number of nitrogens with zero attached hydrogens (tertiary/aromatic N) is 3. The van der Waals surface area contributed by atoms with Crippen molar-refractivity contribution in [2.24, 2.45) is 0 Å². The largest absolute Gasteiger partial charge is 0.493 e. The first-order valence-corrected chi connectivity index (χ1v) is 4.98. The van der Waals surface area contributed by atoms with Gasteiger partial charge in [-0.3, -0.25) is 4.98 Å². The number of aromatic nitrogens is 3. The third-order valence-electron chi connectivity index (χ3n) is 2.31. The Balaban J connectivity index is 2.53. The average molecular weight is 216 g/mol. The fraction of sp³-hybridized carbons (Fsp3) is 0.182. The predicted octanol–water partition coefficient (Wildman–Crippen LogP) is 1.39. The van der Waals surface area contributed by atoms with Crippen molar-refractivity contribution in [1.29, 1.82) is 0 Å². The fourth-order valence-electron chi connectivity index (χ4n) is 1.46. The SMILES string of the molecule is CCc1c(N)nc(-c2ccncc2)nc1O. The van der Waals surface area contributed by atoms with Crippen molar-refractivity contribution >= 4 is 5.82 Å². The van der Waals surface area contributed by atoms with Crippen LogP contribution in [0.1, 0.15) is 12.5 Å². The minimum atomic E-state index is -0.0539. The maximum atomic E-state index is 9.69. The predicted molar refractivity (Wildman–Crippen MR) is 60.7 cm³/mol. The van der Waals surface area contributed by atoms with E-state index in [-0.39, 0.29) is 5.88 Å². The number of anilines is 1. The lowest BCUT2D eigenvalue weighted by atomic mass is 10.2. The molecule has 0 radical (unpaired) electrons. The van der Waals surface area contributed by atoms with E-state index in [0.29, 0.717) is 23.6 Å². The van der Waals surface area contributed by atoms with Crippen LogP contribution in [0.3, 0.4) is 0 Å². The highest BCUT2D eigenvalue weighted by Crippen LogP contribution is 2.24. The summed E-state index contributed by atoms with van der Waals surface area (Å²) in [5.74, 6) is 0.679. The van der Waals surface area contributed by atoms with Gasteiger partial charge in [0.1, 0.15) is 5.82 Å². The van der Waals surface area contributed by atoms with Gasteiger partial charge in [0.05, 0.1) is 5.56 Å². The number of nitrogen functional groups attached to an aromatic ring is 1. The molecule has 0 fully saturated rings. The molecule has 16 heavy (non-hydrogen) atoms. The summed E-state index contributed by atoms with van der Waals surface area (Å²) in [7, 11) is 0. The molecular formula is C11H12N4O. The Morgan fingerprint density at radius 1 is 1.25 bits per heavy atom. The lowest BCUT2D eigenvalue weighted by molar-refractivity contribution is 0.446. The van der Waals surface area contributed by atoms with Crippen molar-refractivity contribution in [3.8, 4) is 17.3 Å². The minimum absolute atomic E-state index is 0.0539. The van der Waals surface area contributed by atoms with E-state index in [1.54, 1.807) is 24.5 Å². The van der Waals surface area contributed by atoms with E-state index >= 15 is 0 Å². The molecule has 0 unspecified atom stereocenters. The standard InChI is InChI=1S/C11H12N4O/c1-2-8-9(12)14-10(15-11(8)16)7-3-5-13-6-4-7/h3-6H,2H2,1H3,(H3,12,14,15,16). The summed E-state index contributed by atoms with van der Waals surface area (Å²) < 4.78 is 0. The topological polar surface area (TPSA) is 84.9 Å². The van der Waals surface area contributed by atoms with Crippen LogP contribution in [-0.2, 0) is 6.42 Å². The molecule has 0 aliphatic carbocycles. The first-order valence-electron chi connectivity index (χ1n) is 4.98. The highest BCUT2D eigenvalue weighted by Gasteiger charge is 2.10. The van der Waals surface area contributed by atoms with Crippen LogP contribution >= 0.6 is 0 Å². The fourth-order valence-corrected chi connectivity index (χ4v) is 1.46. The Morgan fingerprint density at radius 2 is 1.94 bits per heavy atom. The summed E-state index contributed by atoms with van der Waals surface area (Å²) in [5.41, 5.74) is 7.10. The summed E-state index contributed by atoms with van der Waals surface area (Å²) in [6, 6.07) is 3.53. The van der Waals surface area contributed by atoms with Gasteiger partial charge in [0.2, 0.25) is 5.88 Å². The summed E-state index contributed by atoms with van der Waals surface area (Å²) in [6.07, 6.45) is 3.88. The van der Waals surface area contributed by atoms with E-state index < -0.39 is 0 Å². The Hall–Kier alpha value is -2.17. The van der Waals surface area contributed by atoms with Crippen molar-refractivity contribution in [1.82, 2.24) is 15.0 Å². The quantitative estimate of drug-likeness (QED) is 0.792. The molecule has 5 heteroatoms. The molecule has 0 aliphatic rings. The number of hydrogen-bond donors (Lipinski definition) is 2. The van der Waals surface area contributed by atoms with Crippen LogP contribution in [0.15, 0.2) is 24.5 Å². The molecule has 0 bridgehead atoms. The smallest absolute Gasteiger partial charge is 0.219 e. The van der Waals surface area contributed by atoms with Crippen LogP contribution in [-0.4, -0.2) is 20.1 Å². The highest BCUT2D eigenvalue weighted by molar-refractivity contribution is 5.59. The van der Waals surface area contributed by atoms with Crippen LogP contribution in [0.4, 0.5) is 5.82 Å². The number of aromatic hydroxyl groups is 1. The van der Waals surface area contributed by atoms with E-state index in [1.165, 1.54) is 0 Å². The Morgan fingerprint density at radius 3 is 2.50 bits per heavy atom. The Bertz CT molecular complexity index is 476. The Labute approximate surface area is 93.0 Å². The molecule has 0 atom stereocenters. The van der Waals surface area contributed by atoms with Gasteiger partial charge < -0.3 is 10.8 Å². The summed E-state index contributed by atoms with van der Waals surface area (Å²) in [5, 5.41) is 9.69. The van der Waals surface area contributed by atoms with Crippen molar-refractivity contribution in [2.45, 2.75) is 13.3 Å². The van der Waals surface area contributed by atoms with Crippen molar-refractivity contribution in [2.75, 3.05) is 5.73 Å². The molecule has 3 N–H and O–H groups in total. The highest BCUT2D eigenvalue weighted by atomic mass is 16.3. The third kappa shape index (κ3) is 1.79. The van der Waals surface area contributed by atoms with Gasteiger partial charge in [-0.15, -0.1) is 0 Å². The van der Waals surface area contributed by atoms with Crippen molar-refractivity contribution < 1.29 is 5.11 Å². The van der Waals surface area contributed by atoms with Crippen molar-refractivity contribution in [3.05, 3.63) is 30.1 Å². The van der Waals surface area contributed by atoms with Gasteiger partial charge in [0.15, 0.2) is 5.82 Å². The number of rotatable bonds is 2. The zero-order valence-electron chi connectivity index (χ0n) is 8.88. The molecule has 0 aliphatic heterocycles. The van der Waals surface area contributed by atoms with Crippen LogP contribution in [0.2, 0.25) is 0 Å². The molecule has 0 spiro atoms. The minimum Gasteiger partial charge on any atom is -0.493 e. The molecule has 2 aromatic heterocycles. The lowest BCUT2D eigenvalue weighted by Crippen LogP contribution is -2.01. The van der Waals surface area contributed by atoms with Gasteiger partial charge in [-0.2, -0.15) is 4.98 Å². The maximum absolute atomic E-state index is 9.69. The van der Waals surface area contributed by atoms with Crippen LogP contribution in [0.5, 0.6) is 5.88 Å². The molecule has 0 amide bonds. The number of pyridine rings is 1.